The lowest BCUT2D eigenvalue weighted by atomic mass is 9.99. The van der Waals surface area contributed by atoms with Crippen LogP contribution in [0.4, 0.5) is 5.82 Å². The second-order valence-electron chi connectivity index (χ2n) is 6.01. The fourth-order valence-corrected chi connectivity index (χ4v) is 2.34. The highest BCUT2D eigenvalue weighted by molar-refractivity contribution is 5.92. The molecule has 0 spiro atoms. The average molecular weight is 291 g/mol. The number of carbonyl (C=O) groups is 1. The molecular weight excluding hydrogens is 266 g/mol. The Balaban J connectivity index is 1.88. The Kier molecular flexibility index (Phi) is 5.50. The summed E-state index contributed by atoms with van der Waals surface area (Å²) >= 11 is 0. The SMILES string of the molecule is CC1CCN(c2ccc(C(=O)NCCN(C)C)nn2)CC1. The summed E-state index contributed by atoms with van der Waals surface area (Å²) in [7, 11) is 3.94. The number of aromatic nitrogens is 2. The Morgan fingerprint density at radius 2 is 2.05 bits per heavy atom. The minimum atomic E-state index is -0.164. The van der Waals surface area contributed by atoms with Gasteiger partial charge in [-0.15, -0.1) is 10.2 Å². The number of amides is 1. The maximum absolute atomic E-state index is 11.9. The summed E-state index contributed by atoms with van der Waals surface area (Å²) in [5, 5.41) is 11.1. The van der Waals surface area contributed by atoms with Crippen LogP contribution in [0, 0.1) is 5.92 Å². The quantitative estimate of drug-likeness (QED) is 0.877. The Morgan fingerprint density at radius 1 is 1.33 bits per heavy atom. The molecular formula is C15H25N5O. The van der Waals surface area contributed by atoms with E-state index >= 15 is 0 Å². The monoisotopic (exact) mass is 291 g/mol. The molecule has 21 heavy (non-hydrogen) atoms. The van der Waals surface area contributed by atoms with Crippen molar-refractivity contribution >= 4 is 11.7 Å². The summed E-state index contributed by atoms with van der Waals surface area (Å²) in [5.74, 6) is 1.49. The first kappa shape index (κ1) is 15.7. The number of likely N-dealkylation sites (N-methyl/N-ethyl adjacent to an activating group) is 1. The molecule has 1 N–H and O–H groups in total. The third kappa shape index (κ3) is 4.67. The molecule has 1 aromatic rings. The molecule has 0 atom stereocenters. The number of piperidine rings is 1. The van der Waals surface area contributed by atoms with Crippen molar-refractivity contribution in [2.24, 2.45) is 5.92 Å². The molecule has 2 heterocycles. The van der Waals surface area contributed by atoms with Gasteiger partial charge in [-0.3, -0.25) is 4.79 Å². The molecule has 0 aromatic carbocycles. The second kappa shape index (κ2) is 7.36. The third-order valence-corrected chi connectivity index (χ3v) is 3.84. The molecule has 1 aliphatic heterocycles. The standard InChI is InChI=1S/C15H25N5O/c1-12-6-9-20(10-7-12)14-5-4-13(17-18-14)15(21)16-8-11-19(2)3/h4-5,12H,6-11H2,1-3H3,(H,16,21). The summed E-state index contributed by atoms with van der Waals surface area (Å²) in [4.78, 5) is 16.2. The van der Waals surface area contributed by atoms with Crippen LogP contribution in [0.5, 0.6) is 0 Å². The number of nitrogens with one attached hydrogen (secondary N) is 1. The van der Waals surface area contributed by atoms with E-state index in [-0.39, 0.29) is 5.91 Å². The summed E-state index contributed by atoms with van der Waals surface area (Å²) < 4.78 is 0. The summed E-state index contributed by atoms with van der Waals surface area (Å²) in [6.45, 7) is 5.74. The van der Waals surface area contributed by atoms with Crippen LogP contribution in [0.25, 0.3) is 0 Å². The van der Waals surface area contributed by atoms with Crippen molar-refractivity contribution in [2.75, 3.05) is 45.2 Å². The van der Waals surface area contributed by atoms with E-state index in [1.165, 1.54) is 12.8 Å². The van der Waals surface area contributed by atoms with Crippen molar-refractivity contribution in [2.45, 2.75) is 19.8 Å². The van der Waals surface area contributed by atoms with Gasteiger partial charge < -0.3 is 15.1 Å². The van der Waals surface area contributed by atoms with Crippen molar-refractivity contribution in [1.82, 2.24) is 20.4 Å². The second-order valence-corrected chi connectivity index (χ2v) is 6.01. The van der Waals surface area contributed by atoms with Crippen LogP contribution in [-0.2, 0) is 0 Å². The first-order chi connectivity index (χ1) is 10.1. The minimum absolute atomic E-state index is 0.164. The van der Waals surface area contributed by atoms with Gasteiger partial charge in [0.05, 0.1) is 0 Å². The van der Waals surface area contributed by atoms with Crippen molar-refractivity contribution in [1.29, 1.82) is 0 Å². The Hall–Kier alpha value is -1.69. The van der Waals surface area contributed by atoms with Crippen LogP contribution in [0.1, 0.15) is 30.3 Å². The highest BCUT2D eigenvalue weighted by Crippen LogP contribution is 2.20. The van der Waals surface area contributed by atoms with Gasteiger partial charge in [0.2, 0.25) is 0 Å². The average Bonchev–Trinajstić information content (AvgIpc) is 2.48. The molecule has 1 saturated heterocycles. The summed E-state index contributed by atoms with van der Waals surface area (Å²) in [6.07, 6.45) is 2.38. The van der Waals surface area contributed by atoms with Crippen molar-refractivity contribution in [3.05, 3.63) is 17.8 Å². The van der Waals surface area contributed by atoms with Crippen LogP contribution in [-0.4, -0.2) is 61.3 Å². The number of hydrogen-bond donors (Lipinski definition) is 1. The number of nitrogens with zero attached hydrogens (tertiary/aromatic N) is 4. The van der Waals surface area contributed by atoms with Gasteiger partial charge in [-0.25, -0.2) is 0 Å². The van der Waals surface area contributed by atoms with Crippen molar-refractivity contribution < 1.29 is 4.79 Å². The first-order valence-corrected chi connectivity index (χ1v) is 7.58. The Bertz CT molecular complexity index is 452. The van der Waals surface area contributed by atoms with E-state index in [1.54, 1.807) is 6.07 Å². The molecule has 1 fully saturated rings. The molecule has 116 valence electrons. The predicted octanol–water partition coefficient (Wildman–Crippen LogP) is 1.00. The van der Waals surface area contributed by atoms with Crippen LogP contribution in [0.3, 0.4) is 0 Å². The molecule has 0 bridgehead atoms. The molecule has 2 rings (SSSR count). The summed E-state index contributed by atoms with van der Waals surface area (Å²) in [5.41, 5.74) is 0.378. The summed E-state index contributed by atoms with van der Waals surface area (Å²) in [6, 6.07) is 3.65. The van der Waals surface area contributed by atoms with E-state index in [1.807, 2.05) is 25.1 Å². The fraction of sp³-hybridized carbons (Fsp3) is 0.667. The molecule has 1 aromatic heterocycles. The molecule has 0 radical (unpaired) electrons. The zero-order valence-corrected chi connectivity index (χ0v) is 13.2. The van der Waals surface area contributed by atoms with Crippen LogP contribution in [0.15, 0.2) is 12.1 Å². The van der Waals surface area contributed by atoms with Gasteiger partial charge in [0.25, 0.3) is 5.91 Å². The zero-order chi connectivity index (χ0) is 15.2. The van der Waals surface area contributed by atoms with Gasteiger partial charge in [-0.1, -0.05) is 6.92 Å². The van der Waals surface area contributed by atoms with Crippen molar-refractivity contribution in [3.8, 4) is 0 Å². The van der Waals surface area contributed by atoms with Gasteiger partial charge in [-0.05, 0) is 45.0 Å². The van der Waals surface area contributed by atoms with E-state index in [2.05, 4.69) is 27.3 Å². The van der Waals surface area contributed by atoms with Gasteiger partial charge in [0, 0.05) is 26.2 Å². The topological polar surface area (TPSA) is 61.4 Å². The fourth-order valence-electron chi connectivity index (χ4n) is 2.34. The van der Waals surface area contributed by atoms with E-state index < -0.39 is 0 Å². The minimum Gasteiger partial charge on any atom is -0.355 e. The highest BCUT2D eigenvalue weighted by atomic mass is 16.1. The van der Waals surface area contributed by atoms with Gasteiger partial charge in [0.15, 0.2) is 11.5 Å². The Labute approximate surface area is 126 Å². The van der Waals surface area contributed by atoms with Gasteiger partial charge in [0.1, 0.15) is 0 Å². The van der Waals surface area contributed by atoms with E-state index in [0.29, 0.717) is 12.2 Å². The molecule has 6 heteroatoms. The number of hydrogen-bond acceptors (Lipinski definition) is 5. The number of rotatable bonds is 5. The van der Waals surface area contributed by atoms with Gasteiger partial charge in [-0.2, -0.15) is 0 Å². The lowest BCUT2D eigenvalue weighted by Gasteiger charge is -2.30. The molecule has 1 aliphatic rings. The normalized spacial score (nSPS) is 16.3. The molecule has 0 aliphatic carbocycles. The maximum Gasteiger partial charge on any atom is 0.271 e. The van der Waals surface area contributed by atoms with Crippen LogP contribution >= 0.6 is 0 Å². The predicted molar refractivity (Wildman–Crippen MR) is 83.5 cm³/mol. The number of anilines is 1. The molecule has 1 amide bonds. The van der Waals surface area contributed by atoms with Crippen LogP contribution in [0.2, 0.25) is 0 Å². The van der Waals surface area contributed by atoms with E-state index in [4.69, 9.17) is 0 Å². The smallest absolute Gasteiger partial charge is 0.271 e. The third-order valence-electron chi connectivity index (χ3n) is 3.84. The van der Waals surface area contributed by atoms with Crippen LogP contribution < -0.4 is 10.2 Å². The van der Waals surface area contributed by atoms with Crippen molar-refractivity contribution in [3.63, 3.8) is 0 Å². The maximum atomic E-state index is 11.9. The lowest BCUT2D eigenvalue weighted by Crippen LogP contribution is -2.34. The molecule has 6 nitrogen and oxygen atoms in total. The largest absolute Gasteiger partial charge is 0.355 e. The molecule has 0 saturated carbocycles. The zero-order valence-electron chi connectivity index (χ0n) is 13.2. The lowest BCUT2D eigenvalue weighted by molar-refractivity contribution is 0.0945. The van der Waals surface area contributed by atoms with Gasteiger partial charge >= 0.3 is 0 Å². The molecule has 0 unspecified atom stereocenters. The van der Waals surface area contributed by atoms with E-state index in [0.717, 1.165) is 31.4 Å². The van der Waals surface area contributed by atoms with E-state index in [9.17, 15) is 4.79 Å². The highest BCUT2D eigenvalue weighted by Gasteiger charge is 2.17. The Morgan fingerprint density at radius 3 is 2.62 bits per heavy atom. The number of carbonyl (C=O) groups excluding carboxylic acids is 1. The first-order valence-electron chi connectivity index (χ1n) is 7.58.